The van der Waals surface area contributed by atoms with Crippen LogP contribution in [0.3, 0.4) is 0 Å². The van der Waals surface area contributed by atoms with Crippen molar-refractivity contribution in [1.82, 2.24) is 10.2 Å². The predicted octanol–water partition coefficient (Wildman–Crippen LogP) is 1.25. The van der Waals surface area contributed by atoms with Crippen molar-refractivity contribution in [3.05, 3.63) is 29.8 Å². The summed E-state index contributed by atoms with van der Waals surface area (Å²) in [7, 11) is 1.58. The minimum atomic E-state index is -0.754. The number of aliphatic hydroxyl groups is 1. The van der Waals surface area contributed by atoms with E-state index in [0.717, 1.165) is 18.4 Å². The number of guanidine groups is 1. The van der Waals surface area contributed by atoms with Gasteiger partial charge in [-0.1, -0.05) is 12.1 Å². The molecule has 8 nitrogen and oxygen atoms in total. The van der Waals surface area contributed by atoms with Crippen molar-refractivity contribution in [2.75, 3.05) is 33.4 Å². The van der Waals surface area contributed by atoms with Crippen molar-refractivity contribution < 1.29 is 19.4 Å². The molecule has 0 radical (unpaired) electrons. The molecule has 4 N–H and O–H groups in total. The number of nitrogens with one attached hydrogen (secondary N) is 1. The number of nitrogens with two attached hydrogens (primary N) is 1. The number of piperidine rings is 1. The van der Waals surface area contributed by atoms with Crippen LogP contribution in [0.15, 0.2) is 29.3 Å². The number of nitrogens with zero attached hydrogens (tertiary/aromatic N) is 2. The van der Waals surface area contributed by atoms with Crippen LogP contribution in [0.5, 0.6) is 5.75 Å². The maximum absolute atomic E-state index is 11.7. The zero-order chi connectivity index (χ0) is 18.9. The van der Waals surface area contributed by atoms with Crippen LogP contribution in [0.1, 0.15) is 31.4 Å². The number of likely N-dealkylation sites (tertiary alicyclic amines) is 1. The molecule has 1 unspecified atom stereocenters. The van der Waals surface area contributed by atoms with Crippen molar-refractivity contribution in [2.24, 2.45) is 10.7 Å². The normalized spacial score (nSPS) is 16.9. The summed E-state index contributed by atoms with van der Waals surface area (Å²) >= 11 is 0. The smallest absolute Gasteiger partial charge is 0.409 e. The van der Waals surface area contributed by atoms with Crippen molar-refractivity contribution in [1.29, 1.82) is 0 Å². The average Bonchev–Trinajstić information content (AvgIpc) is 2.67. The number of ether oxygens (including phenoxy) is 2. The van der Waals surface area contributed by atoms with Crippen molar-refractivity contribution in [2.45, 2.75) is 31.9 Å². The number of amides is 1. The number of carbonyl (C=O) groups excluding carboxylic acids is 1. The van der Waals surface area contributed by atoms with Crippen molar-refractivity contribution >= 4 is 12.1 Å². The fourth-order valence-corrected chi connectivity index (χ4v) is 2.81. The van der Waals surface area contributed by atoms with Crippen LogP contribution in [0, 0.1) is 0 Å². The lowest BCUT2D eigenvalue weighted by Gasteiger charge is -2.31. The summed E-state index contributed by atoms with van der Waals surface area (Å²) in [5.41, 5.74) is 6.65. The van der Waals surface area contributed by atoms with Crippen LogP contribution in [0.2, 0.25) is 0 Å². The van der Waals surface area contributed by atoms with Crippen molar-refractivity contribution in [3.63, 3.8) is 0 Å². The highest BCUT2D eigenvalue weighted by molar-refractivity contribution is 5.78. The van der Waals surface area contributed by atoms with Gasteiger partial charge in [-0.2, -0.15) is 0 Å². The second-order valence-corrected chi connectivity index (χ2v) is 6.12. The molecule has 1 aromatic rings. The summed E-state index contributed by atoms with van der Waals surface area (Å²) in [6.45, 7) is 3.58. The summed E-state index contributed by atoms with van der Waals surface area (Å²) in [5.74, 6) is 0.978. The van der Waals surface area contributed by atoms with Crippen LogP contribution in [-0.4, -0.2) is 61.5 Å². The lowest BCUT2D eigenvalue weighted by atomic mass is 10.1. The first-order chi connectivity index (χ1) is 12.5. The highest BCUT2D eigenvalue weighted by Gasteiger charge is 2.23. The van der Waals surface area contributed by atoms with Crippen LogP contribution >= 0.6 is 0 Å². The Morgan fingerprint density at radius 3 is 2.85 bits per heavy atom. The fraction of sp³-hybridized carbons (Fsp3) is 0.556. The molecule has 2 rings (SSSR count). The fourth-order valence-electron chi connectivity index (χ4n) is 2.81. The Morgan fingerprint density at radius 1 is 1.46 bits per heavy atom. The topological polar surface area (TPSA) is 109 Å². The molecule has 1 aliphatic heterocycles. The molecule has 1 amide bonds. The molecule has 1 atom stereocenters. The molecule has 1 saturated heterocycles. The minimum Gasteiger partial charge on any atom is -0.497 e. The molecule has 0 aromatic heterocycles. The molecule has 8 heteroatoms. The van der Waals surface area contributed by atoms with Gasteiger partial charge in [0, 0.05) is 19.1 Å². The number of carbonyl (C=O) groups is 1. The van der Waals surface area contributed by atoms with E-state index in [4.69, 9.17) is 15.2 Å². The maximum atomic E-state index is 11.7. The number of rotatable bonds is 6. The molecule has 144 valence electrons. The molecule has 1 fully saturated rings. The molecule has 26 heavy (non-hydrogen) atoms. The highest BCUT2D eigenvalue weighted by Crippen LogP contribution is 2.19. The minimum absolute atomic E-state index is 0.151. The van der Waals surface area contributed by atoms with E-state index >= 15 is 0 Å². The lowest BCUT2D eigenvalue weighted by Crippen LogP contribution is -2.48. The van der Waals surface area contributed by atoms with Gasteiger partial charge in [-0.05, 0) is 37.5 Å². The largest absolute Gasteiger partial charge is 0.497 e. The van der Waals surface area contributed by atoms with Crippen LogP contribution in [-0.2, 0) is 4.74 Å². The zero-order valence-electron chi connectivity index (χ0n) is 15.4. The average molecular weight is 364 g/mol. The SMILES string of the molecule is CCOC(=O)N1CCC(NC(N)=NCC(O)c2cccc(OC)c2)CC1. The Bertz CT molecular complexity index is 615. The van der Waals surface area contributed by atoms with Gasteiger partial charge in [-0.15, -0.1) is 0 Å². The van der Waals surface area contributed by atoms with E-state index in [2.05, 4.69) is 10.3 Å². The summed E-state index contributed by atoms with van der Waals surface area (Å²) in [4.78, 5) is 17.6. The van der Waals surface area contributed by atoms with E-state index in [0.29, 0.717) is 31.4 Å². The molecule has 0 bridgehead atoms. The Hall–Kier alpha value is -2.48. The standard InChI is InChI=1S/C18H28N4O4/c1-3-26-18(24)22-9-7-14(8-10-22)21-17(19)20-12-16(23)13-5-4-6-15(11-13)25-2/h4-6,11,14,16,23H,3,7-10,12H2,1-2H3,(H3,19,20,21). The number of hydrogen-bond acceptors (Lipinski definition) is 5. The zero-order valence-corrected chi connectivity index (χ0v) is 15.4. The van der Waals surface area contributed by atoms with Gasteiger partial charge in [0.15, 0.2) is 5.96 Å². The van der Waals surface area contributed by atoms with Gasteiger partial charge < -0.3 is 30.5 Å². The molecule has 0 saturated carbocycles. The quantitative estimate of drug-likeness (QED) is 0.518. The number of benzene rings is 1. The first-order valence-corrected chi connectivity index (χ1v) is 8.83. The summed E-state index contributed by atoms with van der Waals surface area (Å²) in [5, 5.41) is 13.4. The predicted molar refractivity (Wildman–Crippen MR) is 99.2 cm³/mol. The molecule has 1 heterocycles. The van der Waals surface area contributed by atoms with E-state index in [1.165, 1.54) is 0 Å². The monoisotopic (exact) mass is 364 g/mol. The maximum Gasteiger partial charge on any atom is 0.409 e. The van der Waals surface area contributed by atoms with E-state index in [9.17, 15) is 9.90 Å². The van der Waals surface area contributed by atoms with Crippen molar-refractivity contribution in [3.8, 4) is 5.75 Å². The summed E-state index contributed by atoms with van der Waals surface area (Å²) in [6.07, 6.45) is 0.520. The van der Waals surface area contributed by atoms with Crippen LogP contribution in [0.25, 0.3) is 0 Å². The molecular formula is C18H28N4O4. The second kappa shape index (κ2) is 9.86. The van der Waals surface area contributed by atoms with E-state index in [1.54, 1.807) is 25.0 Å². The number of aliphatic hydroxyl groups excluding tert-OH is 1. The highest BCUT2D eigenvalue weighted by atomic mass is 16.6. The van der Waals surface area contributed by atoms with E-state index < -0.39 is 6.10 Å². The van der Waals surface area contributed by atoms with Gasteiger partial charge in [-0.3, -0.25) is 4.99 Å². The third-order valence-electron chi connectivity index (χ3n) is 4.29. The van der Waals surface area contributed by atoms with Crippen LogP contribution < -0.4 is 15.8 Å². The number of hydrogen-bond donors (Lipinski definition) is 3. The molecule has 1 aromatic carbocycles. The molecule has 1 aliphatic rings. The number of methoxy groups -OCH3 is 1. The first kappa shape index (κ1) is 19.8. The Kier molecular flexibility index (Phi) is 7.53. The van der Waals surface area contributed by atoms with E-state index in [1.807, 2.05) is 18.2 Å². The van der Waals surface area contributed by atoms with Gasteiger partial charge >= 0.3 is 6.09 Å². The van der Waals surface area contributed by atoms with Gasteiger partial charge in [0.05, 0.1) is 26.4 Å². The van der Waals surface area contributed by atoms with Crippen LogP contribution in [0.4, 0.5) is 4.79 Å². The number of aliphatic imine (C=N–C) groups is 1. The second-order valence-electron chi connectivity index (χ2n) is 6.12. The summed E-state index contributed by atoms with van der Waals surface area (Å²) < 4.78 is 10.2. The first-order valence-electron chi connectivity index (χ1n) is 8.83. The Balaban J connectivity index is 1.78. The molecular weight excluding hydrogens is 336 g/mol. The Morgan fingerprint density at radius 2 is 2.19 bits per heavy atom. The Labute approximate surface area is 154 Å². The van der Waals surface area contributed by atoms with Gasteiger partial charge in [-0.25, -0.2) is 4.79 Å². The lowest BCUT2D eigenvalue weighted by molar-refractivity contribution is 0.0963. The molecule has 0 spiro atoms. The molecule has 0 aliphatic carbocycles. The van der Waals surface area contributed by atoms with Gasteiger partial charge in [0.1, 0.15) is 5.75 Å². The van der Waals surface area contributed by atoms with Gasteiger partial charge in [0.2, 0.25) is 0 Å². The third kappa shape index (κ3) is 5.80. The van der Waals surface area contributed by atoms with E-state index in [-0.39, 0.29) is 18.7 Å². The summed E-state index contributed by atoms with van der Waals surface area (Å²) in [6, 6.07) is 7.38. The van der Waals surface area contributed by atoms with Gasteiger partial charge in [0.25, 0.3) is 0 Å². The third-order valence-corrected chi connectivity index (χ3v) is 4.29.